The maximum Gasteiger partial charge on any atom is 0.249 e. The van der Waals surface area contributed by atoms with Crippen LogP contribution in [0.4, 0.5) is 0 Å². The van der Waals surface area contributed by atoms with Crippen LogP contribution in [0.1, 0.15) is 12.0 Å². The predicted molar refractivity (Wildman–Crippen MR) is 83.2 cm³/mol. The van der Waals surface area contributed by atoms with Crippen molar-refractivity contribution in [3.05, 3.63) is 35.9 Å². The van der Waals surface area contributed by atoms with Gasteiger partial charge in [-0.1, -0.05) is 30.3 Å². The minimum absolute atomic E-state index is 0.0496. The molecule has 1 aliphatic rings. The maximum atomic E-state index is 11.8. The Hall–Kier alpha value is -1.92. The lowest BCUT2D eigenvalue weighted by Crippen LogP contribution is -2.48. The van der Waals surface area contributed by atoms with E-state index in [1.54, 1.807) is 0 Å². The first-order valence-corrected chi connectivity index (χ1v) is 7.64. The molecule has 6 nitrogen and oxygen atoms in total. The number of amides is 2. The number of hydrogen-bond acceptors (Lipinski definition) is 4. The van der Waals surface area contributed by atoms with E-state index in [2.05, 4.69) is 15.5 Å². The molecule has 0 bridgehead atoms. The van der Waals surface area contributed by atoms with Crippen molar-refractivity contribution in [1.29, 1.82) is 0 Å². The van der Waals surface area contributed by atoms with E-state index in [0.29, 0.717) is 26.1 Å². The van der Waals surface area contributed by atoms with E-state index in [-0.39, 0.29) is 11.8 Å². The fourth-order valence-corrected chi connectivity index (χ4v) is 2.44. The monoisotopic (exact) mass is 305 g/mol. The zero-order chi connectivity index (χ0) is 15.8. The van der Waals surface area contributed by atoms with Crippen LogP contribution in [-0.2, 0) is 16.0 Å². The van der Waals surface area contributed by atoms with Gasteiger partial charge in [-0.15, -0.1) is 0 Å². The van der Waals surface area contributed by atoms with Crippen molar-refractivity contribution in [1.82, 2.24) is 15.5 Å². The van der Waals surface area contributed by atoms with Gasteiger partial charge in [-0.3, -0.25) is 14.5 Å². The van der Waals surface area contributed by atoms with Crippen molar-refractivity contribution < 1.29 is 14.7 Å². The van der Waals surface area contributed by atoms with Crippen molar-refractivity contribution in [2.45, 2.75) is 18.9 Å². The molecule has 1 fully saturated rings. The first-order valence-electron chi connectivity index (χ1n) is 7.64. The number of benzene rings is 1. The number of hydrogen-bond donors (Lipinski definition) is 3. The fraction of sp³-hybridized carbons (Fsp3) is 0.500. The van der Waals surface area contributed by atoms with Gasteiger partial charge in [0.1, 0.15) is 6.10 Å². The zero-order valence-electron chi connectivity index (χ0n) is 12.6. The maximum absolute atomic E-state index is 11.8. The minimum atomic E-state index is -1.02. The fourth-order valence-electron chi connectivity index (χ4n) is 2.44. The molecule has 0 aliphatic carbocycles. The van der Waals surface area contributed by atoms with E-state index >= 15 is 0 Å². The van der Waals surface area contributed by atoms with Gasteiger partial charge in [0.25, 0.3) is 0 Å². The van der Waals surface area contributed by atoms with Gasteiger partial charge in [-0.05, 0) is 12.0 Å². The summed E-state index contributed by atoms with van der Waals surface area (Å²) in [7, 11) is 0. The van der Waals surface area contributed by atoms with Crippen LogP contribution in [0.5, 0.6) is 0 Å². The Kier molecular flexibility index (Phi) is 6.36. The predicted octanol–water partition coefficient (Wildman–Crippen LogP) is -0.472. The summed E-state index contributed by atoms with van der Waals surface area (Å²) in [6.07, 6.45) is 0.0546. The standard InChI is InChI=1S/C16H23N3O3/c20-14(11-13-5-2-1-3-6-13)16(22)18-7-4-9-19-10-8-17-15(21)12-19/h1-3,5-6,14,20H,4,7-12H2,(H,17,21)(H,18,22)/t14-/m0/s1. The van der Waals surface area contributed by atoms with Crippen LogP contribution < -0.4 is 10.6 Å². The molecule has 1 aromatic rings. The summed E-state index contributed by atoms with van der Waals surface area (Å²) < 4.78 is 0. The van der Waals surface area contributed by atoms with Crippen molar-refractivity contribution in [2.24, 2.45) is 0 Å². The second-order valence-corrected chi connectivity index (χ2v) is 5.48. The molecule has 0 saturated carbocycles. The Morgan fingerprint density at radius 2 is 2.14 bits per heavy atom. The number of aliphatic hydroxyl groups excluding tert-OH is 1. The number of carbonyl (C=O) groups excluding carboxylic acids is 2. The van der Waals surface area contributed by atoms with E-state index in [4.69, 9.17) is 0 Å². The van der Waals surface area contributed by atoms with Gasteiger partial charge in [0.2, 0.25) is 11.8 Å². The number of nitrogens with zero attached hydrogens (tertiary/aromatic N) is 1. The molecule has 0 spiro atoms. The highest BCUT2D eigenvalue weighted by molar-refractivity contribution is 5.80. The van der Waals surface area contributed by atoms with Crippen molar-refractivity contribution in [2.75, 3.05) is 32.7 Å². The minimum Gasteiger partial charge on any atom is -0.383 e. The van der Waals surface area contributed by atoms with Gasteiger partial charge < -0.3 is 15.7 Å². The molecule has 0 unspecified atom stereocenters. The normalized spacial score (nSPS) is 16.9. The smallest absolute Gasteiger partial charge is 0.249 e. The summed E-state index contributed by atoms with van der Waals surface area (Å²) in [4.78, 5) is 25.1. The molecule has 22 heavy (non-hydrogen) atoms. The van der Waals surface area contributed by atoms with E-state index < -0.39 is 6.10 Å². The Morgan fingerprint density at radius 3 is 2.86 bits per heavy atom. The quantitative estimate of drug-likeness (QED) is 0.595. The van der Waals surface area contributed by atoms with E-state index in [1.807, 2.05) is 30.3 Å². The third-order valence-electron chi connectivity index (χ3n) is 3.64. The highest BCUT2D eigenvalue weighted by atomic mass is 16.3. The Balaban J connectivity index is 1.61. The summed E-state index contributed by atoms with van der Waals surface area (Å²) in [6.45, 7) is 3.22. The Morgan fingerprint density at radius 1 is 1.36 bits per heavy atom. The second kappa shape index (κ2) is 8.51. The van der Waals surface area contributed by atoms with Gasteiger partial charge in [-0.25, -0.2) is 0 Å². The average Bonchev–Trinajstić information content (AvgIpc) is 2.52. The molecule has 1 atom stereocenters. The Labute approximate surface area is 130 Å². The Bertz CT molecular complexity index is 493. The van der Waals surface area contributed by atoms with Crippen molar-refractivity contribution >= 4 is 11.8 Å². The molecule has 1 aromatic carbocycles. The first-order chi connectivity index (χ1) is 10.6. The largest absolute Gasteiger partial charge is 0.383 e. The van der Waals surface area contributed by atoms with Crippen LogP contribution in [0.2, 0.25) is 0 Å². The molecule has 1 saturated heterocycles. The van der Waals surface area contributed by atoms with Gasteiger partial charge in [-0.2, -0.15) is 0 Å². The number of aliphatic hydroxyl groups is 1. The highest BCUT2D eigenvalue weighted by Crippen LogP contribution is 2.03. The topological polar surface area (TPSA) is 81.7 Å². The molecule has 0 radical (unpaired) electrons. The second-order valence-electron chi connectivity index (χ2n) is 5.48. The van der Waals surface area contributed by atoms with Crippen molar-refractivity contribution in [3.63, 3.8) is 0 Å². The first kappa shape index (κ1) is 16.5. The molecule has 1 aliphatic heterocycles. The van der Waals surface area contributed by atoms with Gasteiger partial charge in [0.05, 0.1) is 6.54 Å². The van der Waals surface area contributed by atoms with Crippen LogP contribution >= 0.6 is 0 Å². The van der Waals surface area contributed by atoms with Crippen LogP contribution in [0.3, 0.4) is 0 Å². The molecular weight excluding hydrogens is 282 g/mol. The molecule has 6 heteroatoms. The van der Waals surface area contributed by atoms with Crippen LogP contribution in [-0.4, -0.2) is 60.6 Å². The molecule has 120 valence electrons. The molecule has 2 rings (SSSR count). The number of nitrogens with one attached hydrogen (secondary N) is 2. The lowest BCUT2D eigenvalue weighted by atomic mass is 10.1. The van der Waals surface area contributed by atoms with Gasteiger partial charge >= 0.3 is 0 Å². The van der Waals surface area contributed by atoms with Crippen LogP contribution in [0.25, 0.3) is 0 Å². The van der Waals surface area contributed by atoms with Crippen LogP contribution in [0.15, 0.2) is 30.3 Å². The average molecular weight is 305 g/mol. The highest BCUT2D eigenvalue weighted by Gasteiger charge is 2.17. The number of carbonyl (C=O) groups is 2. The molecular formula is C16H23N3O3. The molecule has 1 heterocycles. The summed E-state index contributed by atoms with van der Waals surface area (Å²) >= 11 is 0. The summed E-state index contributed by atoms with van der Waals surface area (Å²) in [5.74, 6) is -0.297. The van der Waals surface area contributed by atoms with Gasteiger partial charge in [0, 0.05) is 32.6 Å². The van der Waals surface area contributed by atoms with E-state index in [1.165, 1.54) is 0 Å². The van der Waals surface area contributed by atoms with Gasteiger partial charge in [0.15, 0.2) is 0 Å². The van der Waals surface area contributed by atoms with Crippen molar-refractivity contribution in [3.8, 4) is 0 Å². The summed E-state index contributed by atoms with van der Waals surface area (Å²) in [5.41, 5.74) is 0.935. The lowest BCUT2D eigenvalue weighted by Gasteiger charge is -2.26. The third-order valence-corrected chi connectivity index (χ3v) is 3.64. The van der Waals surface area contributed by atoms with E-state index in [9.17, 15) is 14.7 Å². The number of piperazine rings is 1. The summed E-state index contributed by atoms with van der Waals surface area (Å²) in [5, 5.41) is 15.4. The molecule has 0 aromatic heterocycles. The van der Waals surface area contributed by atoms with E-state index in [0.717, 1.165) is 25.1 Å². The third kappa shape index (κ3) is 5.46. The number of rotatable bonds is 7. The summed E-state index contributed by atoms with van der Waals surface area (Å²) in [6, 6.07) is 9.44. The van der Waals surface area contributed by atoms with Crippen LogP contribution in [0, 0.1) is 0 Å². The molecule has 2 amide bonds. The zero-order valence-corrected chi connectivity index (χ0v) is 12.6. The SMILES string of the molecule is O=C1CN(CCCNC(=O)[C@@H](O)Cc2ccccc2)CCN1. The lowest BCUT2D eigenvalue weighted by molar-refractivity contribution is -0.129. The molecule has 3 N–H and O–H groups in total.